The van der Waals surface area contributed by atoms with E-state index in [1.165, 1.54) is 12.2 Å². The van der Waals surface area contributed by atoms with Gasteiger partial charge in [0.1, 0.15) is 11.8 Å². The van der Waals surface area contributed by atoms with Gasteiger partial charge in [-0.15, -0.1) is 0 Å². The predicted molar refractivity (Wildman–Crippen MR) is 96.4 cm³/mol. The summed E-state index contributed by atoms with van der Waals surface area (Å²) in [6.07, 6.45) is 3.41. The van der Waals surface area contributed by atoms with Crippen LogP contribution in [0, 0.1) is 11.3 Å². The van der Waals surface area contributed by atoms with E-state index in [2.05, 4.69) is 5.32 Å². The van der Waals surface area contributed by atoms with Crippen molar-refractivity contribution in [1.29, 1.82) is 5.26 Å². The number of nitrogens with one attached hydrogen (secondary N) is 1. The molecule has 0 heterocycles. The molecule has 1 aromatic rings. The van der Waals surface area contributed by atoms with E-state index in [-0.39, 0.29) is 19.0 Å². The molecule has 0 unspecified atom stereocenters. The lowest BCUT2D eigenvalue weighted by Gasteiger charge is -2.05. The molecule has 27 heavy (non-hydrogen) atoms. The molecule has 0 radical (unpaired) electrons. The minimum atomic E-state index is -0.651. The van der Waals surface area contributed by atoms with Crippen molar-refractivity contribution in [3.05, 3.63) is 35.9 Å². The number of carbonyl (C=O) groups is 3. The van der Waals surface area contributed by atoms with Crippen molar-refractivity contribution in [2.24, 2.45) is 0 Å². The molecular weight excluding hydrogens is 352 g/mol. The zero-order valence-corrected chi connectivity index (χ0v) is 15.1. The number of nitrogens with zero attached hydrogens (tertiary/aromatic N) is 1. The molecule has 0 aliphatic rings. The summed E-state index contributed by atoms with van der Waals surface area (Å²) in [6.45, 7) is 1.91. The highest BCUT2D eigenvalue weighted by molar-refractivity contribution is 5.89. The van der Waals surface area contributed by atoms with Gasteiger partial charge in [-0.05, 0) is 37.1 Å². The van der Waals surface area contributed by atoms with E-state index in [0.29, 0.717) is 25.3 Å². The van der Waals surface area contributed by atoms with E-state index < -0.39 is 18.5 Å². The lowest BCUT2D eigenvalue weighted by atomic mass is 10.2. The van der Waals surface area contributed by atoms with E-state index in [1.807, 2.05) is 6.07 Å². The van der Waals surface area contributed by atoms with E-state index >= 15 is 0 Å². The quantitative estimate of drug-likeness (QED) is 0.355. The first-order chi connectivity index (χ1) is 13.0. The van der Waals surface area contributed by atoms with E-state index in [1.54, 1.807) is 31.2 Å². The normalized spacial score (nSPS) is 10.1. The van der Waals surface area contributed by atoms with Crippen LogP contribution in [-0.2, 0) is 23.9 Å². The lowest BCUT2D eigenvalue weighted by molar-refractivity contribution is -0.143. The van der Waals surface area contributed by atoms with Gasteiger partial charge in [0.15, 0.2) is 13.2 Å². The molecule has 1 rings (SSSR count). The van der Waals surface area contributed by atoms with Crippen LogP contribution in [0.25, 0.3) is 6.08 Å². The third-order valence-electron chi connectivity index (χ3n) is 3.13. The molecule has 0 aromatic heterocycles. The van der Waals surface area contributed by atoms with Crippen molar-refractivity contribution in [1.82, 2.24) is 5.32 Å². The monoisotopic (exact) mass is 374 g/mol. The minimum absolute atomic E-state index is 0.0353. The van der Waals surface area contributed by atoms with Gasteiger partial charge in [-0.3, -0.25) is 9.59 Å². The molecule has 0 aliphatic heterocycles. The van der Waals surface area contributed by atoms with Crippen molar-refractivity contribution in [2.75, 3.05) is 26.4 Å². The Morgan fingerprint density at radius 2 is 1.93 bits per heavy atom. The fourth-order valence-electron chi connectivity index (χ4n) is 1.88. The number of hydrogen-bond donors (Lipinski definition) is 1. The molecule has 1 aromatic carbocycles. The Balaban J connectivity index is 2.24. The second-order valence-electron chi connectivity index (χ2n) is 5.22. The number of ether oxygens (including phenoxy) is 3. The van der Waals surface area contributed by atoms with Crippen molar-refractivity contribution in [3.8, 4) is 11.8 Å². The summed E-state index contributed by atoms with van der Waals surface area (Å²) >= 11 is 0. The van der Waals surface area contributed by atoms with Gasteiger partial charge in [-0.2, -0.15) is 5.26 Å². The highest BCUT2D eigenvalue weighted by atomic mass is 16.5. The third kappa shape index (κ3) is 10.3. The Bertz CT molecular complexity index is 691. The molecule has 0 saturated heterocycles. The second kappa shape index (κ2) is 12.9. The number of hydrogen-bond acceptors (Lipinski definition) is 7. The third-order valence-corrected chi connectivity index (χ3v) is 3.13. The first kappa shape index (κ1) is 21.7. The second-order valence-corrected chi connectivity index (χ2v) is 5.22. The Morgan fingerprint density at radius 3 is 2.59 bits per heavy atom. The Hall–Kier alpha value is -3.34. The zero-order chi connectivity index (χ0) is 19.9. The highest BCUT2D eigenvalue weighted by Gasteiger charge is 2.06. The summed E-state index contributed by atoms with van der Waals surface area (Å²) in [5.74, 6) is -0.857. The van der Waals surface area contributed by atoms with Crippen LogP contribution in [0.3, 0.4) is 0 Å². The molecular formula is C19H22N2O6. The molecule has 144 valence electrons. The van der Waals surface area contributed by atoms with Crippen LogP contribution in [0.2, 0.25) is 0 Å². The fourth-order valence-corrected chi connectivity index (χ4v) is 1.88. The Morgan fingerprint density at radius 1 is 1.19 bits per heavy atom. The van der Waals surface area contributed by atoms with Crippen LogP contribution in [0.5, 0.6) is 5.75 Å². The number of benzene rings is 1. The molecule has 0 spiro atoms. The van der Waals surface area contributed by atoms with Crippen molar-refractivity contribution < 1.29 is 28.6 Å². The van der Waals surface area contributed by atoms with Gasteiger partial charge in [-0.1, -0.05) is 12.1 Å². The number of carbonyl (C=O) groups excluding carboxylic acids is 3. The van der Waals surface area contributed by atoms with Gasteiger partial charge in [0.25, 0.3) is 5.91 Å². The maximum absolute atomic E-state index is 11.6. The summed E-state index contributed by atoms with van der Waals surface area (Å²) in [6, 6.07) is 8.64. The molecule has 0 bridgehead atoms. The summed E-state index contributed by atoms with van der Waals surface area (Å²) in [4.78, 5) is 34.3. The van der Waals surface area contributed by atoms with Gasteiger partial charge in [-0.25, -0.2) is 4.79 Å². The SMILES string of the molecule is CCOC(=O)CCCNC(=O)COC(=O)/C=C/c1ccc(OCC#N)cc1. The number of esters is 2. The van der Waals surface area contributed by atoms with Gasteiger partial charge in [0.05, 0.1) is 6.61 Å². The van der Waals surface area contributed by atoms with Crippen LogP contribution >= 0.6 is 0 Å². The lowest BCUT2D eigenvalue weighted by Crippen LogP contribution is -2.29. The zero-order valence-electron chi connectivity index (χ0n) is 15.1. The minimum Gasteiger partial charge on any atom is -0.479 e. The largest absolute Gasteiger partial charge is 0.479 e. The summed E-state index contributed by atoms with van der Waals surface area (Å²) in [5, 5.41) is 11.0. The van der Waals surface area contributed by atoms with Crippen molar-refractivity contribution in [3.63, 3.8) is 0 Å². The maximum Gasteiger partial charge on any atom is 0.331 e. The van der Waals surface area contributed by atoms with Gasteiger partial charge in [0.2, 0.25) is 0 Å². The van der Waals surface area contributed by atoms with Crippen molar-refractivity contribution >= 4 is 23.9 Å². The standard InChI is InChI=1S/C19H22N2O6/c1-2-25-18(23)4-3-12-21-17(22)14-27-19(24)10-7-15-5-8-16(9-6-15)26-13-11-20/h5-10H,2-4,12-14H2,1H3,(H,21,22)/b10-7+. The Labute approximate surface area is 157 Å². The molecule has 1 N–H and O–H groups in total. The average Bonchev–Trinajstić information content (AvgIpc) is 2.67. The summed E-state index contributed by atoms with van der Waals surface area (Å²) in [7, 11) is 0. The topological polar surface area (TPSA) is 115 Å². The molecule has 1 amide bonds. The maximum atomic E-state index is 11.6. The van der Waals surface area contributed by atoms with Crippen LogP contribution in [0.1, 0.15) is 25.3 Å². The molecule has 0 saturated carbocycles. The van der Waals surface area contributed by atoms with Crippen LogP contribution in [-0.4, -0.2) is 44.2 Å². The summed E-state index contributed by atoms with van der Waals surface area (Å²) in [5.41, 5.74) is 0.736. The van der Waals surface area contributed by atoms with E-state index in [9.17, 15) is 14.4 Å². The number of nitriles is 1. The fraction of sp³-hybridized carbons (Fsp3) is 0.368. The smallest absolute Gasteiger partial charge is 0.331 e. The summed E-state index contributed by atoms with van der Waals surface area (Å²) < 4.78 is 14.7. The van der Waals surface area contributed by atoms with Gasteiger partial charge < -0.3 is 19.5 Å². The van der Waals surface area contributed by atoms with Gasteiger partial charge >= 0.3 is 11.9 Å². The van der Waals surface area contributed by atoms with Crippen molar-refractivity contribution in [2.45, 2.75) is 19.8 Å². The molecule has 0 fully saturated rings. The van der Waals surface area contributed by atoms with Gasteiger partial charge in [0, 0.05) is 19.0 Å². The predicted octanol–water partition coefficient (Wildman–Crippen LogP) is 1.60. The van der Waals surface area contributed by atoms with E-state index in [4.69, 9.17) is 19.5 Å². The molecule has 0 aliphatic carbocycles. The number of rotatable bonds is 11. The number of amides is 1. The highest BCUT2D eigenvalue weighted by Crippen LogP contribution is 2.13. The van der Waals surface area contributed by atoms with Crippen LogP contribution in [0.4, 0.5) is 0 Å². The average molecular weight is 374 g/mol. The van der Waals surface area contributed by atoms with Crippen LogP contribution in [0.15, 0.2) is 30.3 Å². The molecule has 8 nitrogen and oxygen atoms in total. The van der Waals surface area contributed by atoms with Crippen LogP contribution < -0.4 is 10.1 Å². The first-order valence-corrected chi connectivity index (χ1v) is 8.42. The molecule has 8 heteroatoms. The van der Waals surface area contributed by atoms with E-state index in [0.717, 1.165) is 5.56 Å². The Kier molecular flexibility index (Phi) is 10.4. The molecule has 0 atom stereocenters. The first-order valence-electron chi connectivity index (χ1n) is 8.42.